The number of carbonyl (C=O) groups is 1. The fourth-order valence-corrected chi connectivity index (χ4v) is 3.41. The third-order valence-electron chi connectivity index (χ3n) is 3.59. The van der Waals surface area contributed by atoms with Gasteiger partial charge in [0.05, 0.1) is 22.4 Å². The van der Waals surface area contributed by atoms with E-state index in [-0.39, 0.29) is 17.1 Å². The van der Waals surface area contributed by atoms with Crippen LogP contribution in [0.5, 0.6) is 0 Å². The van der Waals surface area contributed by atoms with Crippen LogP contribution in [-0.2, 0) is 16.2 Å². The van der Waals surface area contributed by atoms with Crippen molar-refractivity contribution >= 4 is 27.3 Å². The molecule has 0 fully saturated rings. The number of amides is 1. The molecule has 0 aliphatic rings. The number of alkyl halides is 3. The van der Waals surface area contributed by atoms with Crippen LogP contribution >= 0.6 is 0 Å². The second-order valence-electron chi connectivity index (χ2n) is 5.64. The van der Waals surface area contributed by atoms with E-state index >= 15 is 0 Å². The summed E-state index contributed by atoms with van der Waals surface area (Å²) in [5.74, 6) is -0.474. The summed E-state index contributed by atoms with van der Waals surface area (Å²) in [5.41, 5.74) is -0.741. The second-order valence-corrected chi connectivity index (χ2v) is 7.33. The highest BCUT2D eigenvalue weighted by Gasteiger charge is 2.31. The largest absolute Gasteiger partial charge is 0.459 e. The highest BCUT2D eigenvalue weighted by molar-refractivity contribution is 7.92. The summed E-state index contributed by atoms with van der Waals surface area (Å²) in [7, 11) is -4.27. The van der Waals surface area contributed by atoms with Gasteiger partial charge in [0.25, 0.3) is 15.9 Å². The standard InChI is InChI=1S/C18H13F3N2O4S/c19-18(20,21)12-4-1-7-15(10-12)28(25,26)23-14-6-2-5-13(11-14)22-17(24)16-8-3-9-27-16/h1-11,23H,(H,22,24). The highest BCUT2D eigenvalue weighted by atomic mass is 32.2. The highest BCUT2D eigenvalue weighted by Crippen LogP contribution is 2.31. The normalized spacial score (nSPS) is 11.8. The molecule has 0 spiro atoms. The summed E-state index contributed by atoms with van der Waals surface area (Å²) in [5, 5.41) is 2.52. The van der Waals surface area contributed by atoms with Crippen LogP contribution < -0.4 is 10.0 Å². The zero-order valence-electron chi connectivity index (χ0n) is 14.0. The summed E-state index contributed by atoms with van der Waals surface area (Å²) in [4.78, 5) is 11.4. The summed E-state index contributed by atoms with van der Waals surface area (Å²) >= 11 is 0. The minimum atomic E-state index is -4.67. The molecule has 0 aliphatic heterocycles. The molecule has 6 nitrogen and oxygen atoms in total. The first-order chi connectivity index (χ1) is 13.1. The second kappa shape index (κ2) is 7.39. The lowest BCUT2D eigenvalue weighted by molar-refractivity contribution is -0.137. The Bertz CT molecular complexity index is 1090. The number of nitrogens with one attached hydrogen (secondary N) is 2. The third kappa shape index (κ3) is 4.52. The number of hydrogen-bond acceptors (Lipinski definition) is 4. The molecular formula is C18H13F3N2O4S. The van der Waals surface area contributed by atoms with E-state index in [0.29, 0.717) is 6.07 Å². The number of hydrogen-bond donors (Lipinski definition) is 2. The molecule has 28 heavy (non-hydrogen) atoms. The van der Waals surface area contributed by atoms with Crippen LogP contribution in [0.1, 0.15) is 16.1 Å². The van der Waals surface area contributed by atoms with E-state index in [2.05, 4.69) is 10.0 Å². The van der Waals surface area contributed by atoms with E-state index in [9.17, 15) is 26.4 Å². The van der Waals surface area contributed by atoms with Gasteiger partial charge in [0.15, 0.2) is 5.76 Å². The fraction of sp³-hybridized carbons (Fsp3) is 0.0556. The fourth-order valence-electron chi connectivity index (χ4n) is 2.31. The summed E-state index contributed by atoms with van der Waals surface area (Å²) in [6.07, 6.45) is -3.34. The van der Waals surface area contributed by atoms with Gasteiger partial charge in [-0.3, -0.25) is 9.52 Å². The molecule has 1 aromatic heterocycles. The molecule has 0 atom stereocenters. The van der Waals surface area contributed by atoms with Gasteiger partial charge in [-0.25, -0.2) is 8.42 Å². The number of anilines is 2. The van der Waals surface area contributed by atoms with E-state index < -0.39 is 32.6 Å². The van der Waals surface area contributed by atoms with Crippen LogP contribution in [0.4, 0.5) is 24.5 Å². The predicted octanol–water partition coefficient (Wildman–Crippen LogP) is 4.35. The van der Waals surface area contributed by atoms with Crippen molar-refractivity contribution in [1.82, 2.24) is 0 Å². The van der Waals surface area contributed by atoms with Gasteiger partial charge in [-0.15, -0.1) is 0 Å². The van der Waals surface area contributed by atoms with Crippen molar-refractivity contribution in [3.05, 3.63) is 78.3 Å². The SMILES string of the molecule is O=C(Nc1cccc(NS(=O)(=O)c2cccc(C(F)(F)F)c2)c1)c1ccco1. The molecule has 2 aromatic carbocycles. The topological polar surface area (TPSA) is 88.4 Å². The maximum atomic E-state index is 12.8. The molecule has 3 rings (SSSR count). The lowest BCUT2D eigenvalue weighted by Gasteiger charge is -2.12. The van der Waals surface area contributed by atoms with E-state index in [1.807, 2.05) is 0 Å². The Morgan fingerprint density at radius 2 is 1.64 bits per heavy atom. The maximum absolute atomic E-state index is 12.8. The van der Waals surface area contributed by atoms with E-state index in [0.717, 1.165) is 18.2 Å². The monoisotopic (exact) mass is 410 g/mol. The number of benzene rings is 2. The van der Waals surface area contributed by atoms with Crippen molar-refractivity contribution in [3.8, 4) is 0 Å². The smallest absolute Gasteiger partial charge is 0.416 e. The molecule has 2 N–H and O–H groups in total. The van der Waals surface area contributed by atoms with Crippen molar-refractivity contribution in [2.24, 2.45) is 0 Å². The van der Waals surface area contributed by atoms with Crippen LogP contribution in [-0.4, -0.2) is 14.3 Å². The van der Waals surface area contributed by atoms with E-state index in [1.54, 1.807) is 0 Å². The van der Waals surface area contributed by atoms with Crippen LogP contribution in [0.15, 0.2) is 76.2 Å². The Balaban J connectivity index is 1.80. The average molecular weight is 410 g/mol. The zero-order valence-corrected chi connectivity index (χ0v) is 14.8. The van der Waals surface area contributed by atoms with Crippen molar-refractivity contribution in [3.63, 3.8) is 0 Å². The molecule has 146 valence electrons. The van der Waals surface area contributed by atoms with Gasteiger partial charge in [-0.2, -0.15) is 13.2 Å². The van der Waals surface area contributed by atoms with Crippen LogP contribution in [0, 0.1) is 0 Å². The van der Waals surface area contributed by atoms with Crippen LogP contribution in [0.3, 0.4) is 0 Å². The Hall–Kier alpha value is -3.27. The molecule has 0 radical (unpaired) electrons. The number of furan rings is 1. The van der Waals surface area contributed by atoms with Gasteiger partial charge in [-0.1, -0.05) is 12.1 Å². The van der Waals surface area contributed by atoms with Gasteiger partial charge in [0.1, 0.15) is 0 Å². The molecule has 0 saturated heterocycles. The quantitative estimate of drug-likeness (QED) is 0.655. The molecule has 0 bridgehead atoms. The Kier molecular flexibility index (Phi) is 5.14. The molecular weight excluding hydrogens is 397 g/mol. The van der Waals surface area contributed by atoms with Crippen molar-refractivity contribution in [2.75, 3.05) is 10.0 Å². The number of rotatable bonds is 5. The van der Waals surface area contributed by atoms with Gasteiger partial charge in [0.2, 0.25) is 0 Å². The molecule has 10 heteroatoms. The number of halogens is 3. The first-order valence-electron chi connectivity index (χ1n) is 7.80. The lowest BCUT2D eigenvalue weighted by Crippen LogP contribution is -2.15. The first kappa shape index (κ1) is 19.5. The van der Waals surface area contributed by atoms with Crippen molar-refractivity contribution < 1.29 is 30.8 Å². The lowest BCUT2D eigenvalue weighted by atomic mass is 10.2. The third-order valence-corrected chi connectivity index (χ3v) is 4.97. The zero-order chi connectivity index (χ0) is 20.4. The predicted molar refractivity (Wildman–Crippen MR) is 95.4 cm³/mol. The Morgan fingerprint density at radius 3 is 2.32 bits per heavy atom. The molecule has 0 saturated carbocycles. The van der Waals surface area contributed by atoms with Crippen molar-refractivity contribution in [1.29, 1.82) is 0 Å². The number of carbonyl (C=O) groups excluding carboxylic acids is 1. The maximum Gasteiger partial charge on any atom is 0.416 e. The minimum absolute atomic E-state index is 0.0645. The molecule has 0 aliphatic carbocycles. The van der Waals surface area contributed by atoms with Gasteiger partial charge in [0, 0.05) is 5.69 Å². The van der Waals surface area contributed by atoms with Gasteiger partial charge in [-0.05, 0) is 48.5 Å². The molecule has 1 heterocycles. The van der Waals surface area contributed by atoms with Gasteiger partial charge < -0.3 is 9.73 Å². The van der Waals surface area contributed by atoms with Crippen molar-refractivity contribution in [2.45, 2.75) is 11.1 Å². The summed E-state index contributed by atoms with van der Waals surface area (Å²) < 4.78 is 70.4. The summed E-state index contributed by atoms with van der Waals surface area (Å²) in [6, 6.07) is 12.1. The van der Waals surface area contributed by atoms with E-state index in [1.165, 1.54) is 42.7 Å². The Labute approximate surface area is 158 Å². The average Bonchev–Trinajstić information content (AvgIpc) is 3.16. The summed E-state index contributed by atoms with van der Waals surface area (Å²) in [6.45, 7) is 0. The number of sulfonamides is 1. The molecule has 1 amide bonds. The van der Waals surface area contributed by atoms with Crippen LogP contribution in [0.25, 0.3) is 0 Å². The molecule has 0 unspecified atom stereocenters. The van der Waals surface area contributed by atoms with Crippen LogP contribution in [0.2, 0.25) is 0 Å². The Morgan fingerprint density at radius 1 is 0.929 bits per heavy atom. The first-order valence-corrected chi connectivity index (χ1v) is 9.28. The molecule has 3 aromatic rings. The van der Waals surface area contributed by atoms with Gasteiger partial charge >= 0.3 is 6.18 Å². The minimum Gasteiger partial charge on any atom is -0.459 e. The van der Waals surface area contributed by atoms with E-state index in [4.69, 9.17) is 4.42 Å².